The van der Waals surface area contributed by atoms with E-state index < -0.39 is 10.0 Å². The molecule has 3 rings (SSSR count). The lowest BCUT2D eigenvalue weighted by atomic mass is 10.2. The summed E-state index contributed by atoms with van der Waals surface area (Å²) < 4.78 is 27.1. The van der Waals surface area contributed by atoms with E-state index in [1.807, 2.05) is 31.4 Å². The van der Waals surface area contributed by atoms with E-state index in [0.29, 0.717) is 28.8 Å². The number of carbonyl (C=O) groups is 1. The van der Waals surface area contributed by atoms with Crippen molar-refractivity contribution in [2.45, 2.75) is 31.6 Å². The SMILES string of the molecule is CCCCN(CC)S(=O)(=O)c1ccc(C(=O)Nc2nc(-c3ccc(Cl)cc3)cs2)cc1. The second kappa shape index (κ2) is 10.4. The second-order valence-corrected chi connectivity index (χ2v) is 10.1. The summed E-state index contributed by atoms with van der Waals surface area (Å²) in [5, 5.41) is 5.72. The molecule has 0 atom stereocenters. The molecule has 1 N–H and O–H groups in total. The van der Waals surface area contributed by atoms with Crippen LogP contribution < -0.4 is 5.32 Å². The van der Waals surface area contributed by atoms with E-state index in [0.717, 1.165) is 24.1 Å². The van der Waals surface area contributed by atoms with Crippen molar-refractivity contribution in [2.75, 3.05) is 18.4 Å². The van der Waals surface area contributed by atoms with Gasteiger partial charge in [-0.25, -0.2) is 13.4 Å². The monoisotopic (exact) mass is 477 g/mol. The lowest BCUT2D eigenvalue weighted by molar-refractivity contribution is 0.102. The Labute approximate surface area is 191 Å². The summed E-state index contributed by atoms with van der Waals surface area (Å²) in [7, 11) is -3.57. The number of benzene rings is 2. The molecular formula is C22H24ClN3O3S2. The average Bonchev–Trinajstić information content (AvgIpc) is 3.23. The van der Waals surface area contributed by atoms with Gasteiger partial charge in [0.2, 0.25) is 10.0 Å². The van der Waals surface area contributed by atoms with Crippen LogP contribution in [0.2, 0.25) is 5.02 Å². The highest BCUT2D eigenvalue weighted by atomic mass is 35.5. The molecule has 0 bridgehead atoms. The first-order valence-electron chi connectivity index (χ1n) is 9.98. The van der Waals surface area contributed by atoms with Gasteiger partial charge in [0, 0.05) is 34.6 Å². The topological polar surface area (TPSA) is 79.4 Å². The Hall–Kier alpha value is -2.26. The van der Waals surface area contributed by atoms with Crippen LogP contribution in [0.15, 0.2) is 58.8 Å². The molecule has 1 aromatic heterocycles. The minimum Gasteiger partial charge on any atom is -0.298 e. The van der Waals surface area contributed by atoms with E-state index >= 15 is 0 Å². The molecule has 0 aliphatic rings. The van der Waals surface area contributed by atoms with Crippen LogP contribution in [0, 0.1) is 0 Å². The van der Waals surface area contributed by atoms with Gasteiger partial charge >= 0.3 is 0 Å². The van der Waals surface area contributed by atoms with Gasteiger partial charge in [-0.15, -0.1) is 11.3 Å². The molecule has 6 nitrogen and oxygen atoms in total. The molecule has 0 aliphatic carbocycles. The van der Waals surface area contributed by atoms with Crippen LogP contribution >= 0.6 is 22.9 Å². The molecule has 0 saturated carbocycles. The number of halogens is 1. The van der Waals surface area contributed by atoms with Crippen molar-refractivity contribution >= 4 is 44.0 Å². The van der Waals surface area contributed by atoms with Crippen LogP contribution in [-0.4, -0.2) is 36.7 Å². The molecule has 9 heteroatoms. The number of anilines is 1. The minimum absolute atomic E-state index is 0.182. The Balaban J connectivity index is 1.70. The number of hydrogen-bond acceptors (Lipinski definition) is 5. The summed E-state index contributed by atoms with van der Waals surface area (Å²) in [6, 6.07) is 13.3. The van der Waals surface area contributed by atoms with E-state index in [4.69, 9.17) is 11.6 Å². The number of hydrogen-bond donors (Lipinski definition) is 1. The van der Waals surface area contributed by atoms with Gasteiger partial charge in [-0.05, 0) is 42.8 Å². The Bertz CT molecular complexity index is 1130. The number of aromatic nitrogens is 1. The Morgan fingerprint density at radius 1 is 1.10 bits per heavy atom. The van der Waals surface area contributed by atoms with Crippen LogP contribution in [0.1, 0.15) is 37.0 Å². The van der Waals surface area contributed by atoms with Gasteiger partial charge in [-0.1, -0.05) is 44.0 Å². The number of thiazole rings is 1. The number of rotatable bonds is 9. The zero-order valence-electron chi connectivity index (χ0n) is 17.3. The summed E-state index contributed by atoms with van der Waals surface area (Å²) in [6.07, 6.45) is 1.72. The van der Waals surface area contributed by atoms with E-state index in [1.54, 1.807) is 12.1 Å². The maximum absolute atomic E-state index is 12.8. The number of unbranched alkanes of at least 4 members (excludes halogenated alkanes) is 1. The van der Waals surface area contributed by atoms with E-state index in [9.17, 15) is 13.2 Å². The first kappa shape index (κ1) is 23.4. The molecule has 164 valence electrons. The van der Waals surface area contributed by atoms with Crippen LogP contribution in [0.5, 0.6) is 0 Å². The predicted molar refractivity (Wildman–Crippen MR) is 126 cm³/mol. The number of amides is 1. The molecular weight excluding hydrogens is 454 g/mol. The molecule has 0 saturated heterocycles. The molecule has 0 radical (unpaired) electrons. The summed E-state index contributed by atoms with van der Waals surface area (Å²) in [5.74, 6) is -0.348. The lowest BCUT2D eigenvalue weighted by Gasteiger charge is -2.20. The Morgan fingerprint density at radius 3 is 2.39 bits per heavy atom. The predicted octanol–water partition coefficient (Wildman–Crippen LogP) is 5.53. The van der Waals surface area contributed by atoms with E-state index in [2.05, 4.69) is 10.3 Å². The van der Waals surface area contributed by atoms with Crippen molar-refractivity contribution in [2.24, 2.45) is 0 Å². The number of sulfonamides is 1. The highest BCUT2D eigenvalue weighted by Gasteiger charge is 2.22. The zero-order valence-corrected chi connectivity index (χ0v) is 19.7. The average molecular weight is 478 g/mol. The number of nitrogens with one attached hydrogen (secondary N) is 1. The van der Waals surface area contributed by atoms with Gasteiger partial charge in [-0.2, -0.15) is 4.31 Å². The summed E-state index contributed by atoms with van der Waals surface area (Å²) in [4.78, 5) is 17.2. The third kappa shape index (κ3) is 5.71. The standard InChI is InChI=1S/C22H24ClN3O3S2/c1-3-5-14-26(4-2)31(28,29)19-12-8-17(9-13-19)21(27)25-22-24-20(15-30-22)16-6-10-18(23)11-7-16/h6-13,15H,3-5,14H2,1-2H3,(H,24,25,27). The van der Waals surface area contributed by atoms with Crippen LogP contribution in [0.4, 0.5) is 5.13 Å². The lowest BCUT2D eigenvalue weighted by Crippen LogP contribution is -2.31. The van der Waals surface area contributed by atoms with Crippen molar-refractivity contribution in [3.8, 4) is 11.3 Å². The molecule has 1 heterocycles. The molecule has 0 unspecified atom stereocenters. The van der Waals surface area contributed by atoms with E-state index in [1.165, 1.54) is 39.9 Å². The molecule has 1 amide bonds. The maximum Gasteiger partial charge on any atom is 0.257 e. The molecule has 31 heavy (non-hydrogen) atoms. The maximum atomic E-state index is 12.8. The molecule has 0 spiro atoms. The fourth-order valence-corrected chi connectivity index (χ4v) is 5.29. The van der Waals surface area contributed by atoms with Crippen LogP contribution in [0.3, 0.4) is 0 Å². The first-order valence-corrected chi connectivity index (χ1v) is 12.7. The fraction of sp³-hybridized carbons (Fsp3) is 0.273. The minimum atomic E-state index is -3.57. The number of nitrogens with zero attached hydrogens (tertiary/aromatic N) is 2. The summed E-state index contributed by atoms with van der Waals surface area (Å²) >= 11 is 7.23. The molecule has 0 fully saturated rings. The van der Waals surface area contributed by atoms with Crippen LogP contribution in [-0.2, 0) is 10.0 Å². The van der Waals surface area contributed by atoms with Crippen LogP contribution in [0.25, 0.3) is 11.3 Å². The fourth-order valence-electron chi connectivity index (χ4n) is 2.96. The normalized spacial score (nSPS) is 11.6. The summed E-state index contributed by atoms with van der Waals surface area (Å²) in [6.45, 7) is 4.73. The molecule has 3 aromatic rings. The molecule has 2 aromatic carbocycles. The zero-order chi connectivity index (χ0) is 22.4. The number of carbonyl (C=O) groups excluding carboxylic acids is 1. The highest BCUT2D eigenvalue weighted by molar-refractivity contribution is 7.89. The first-order chi connectivity index (χ1) is 14.8. The summed E-state index contributed by atoms with van der Waals surface area (Å²) in [5.41, 5.74) is 2.00. The second-order valence-electron chi connectivity index (χ2n) is 6.87. The van der Waals surface area contributed by atoms with Gasteiger partial charge in [0.15, 0.2) is 5.13 Å². The van der Waals surface area contributed by atoms with Gasteiger partial charge in [0.1, 0.15) is 0 Å². The van der Waals surface area contributed by atoms with E-state index in [-0.39, 0.29) is 10.8 Å². The van der Waals surface area contributed by atoms with Crippen molar-refractivity contribution in [3.05, 3.63) is 64.5 Å². The Kier molecular flexibility index (Phi) is 7.83. The third-order valence-electron chi connectivity index (χ3n) is 4.73. The van der Waals surface area contributed by atoms with Crippen molar-refractivity contribution < 1.29 is 13.2 Å². The van der Waals surface area contributed by atoms with Crippen molar-refractivity contribution in [1.82, 2.24) is 9.29 Å². The van der Waals surface area contributed by atoms with Gasteiger partial charge in [0.05, 0.1) is 10.6 Å². The van der Waals surface area contributed by atoms with Crippen molar-refractivity contribution in [1.29, 1.82) is 0 Å². The van der Waals surface area contributed by atoms with Gasteiger partial charge in [-0.3, -0.25) is 10.1 Å². The van der Waals surface area contributed by atoms with Crippen molar-refractivity contribution in [3.63, 3.8) is 0 Å². The smallest absolute Gasteiger partial charge is 0.257 e. The quantitative estimate of drug-likeness (QED) is 0.439. The highest BCUT2D eigenvalue weighted by Crippen LogP contribution is 2.26. The third-order valence-corrected chi connectivity index (χ3v) is 7.73. The van der Waals surface area contributed by atoms with Gasteiger partial charge in [0.25, 0.3) is 5.91 Å². The largest absolute Gasteiger partial charge is 0.298 e. The molecule has 0 aliphatic heterocycles. The van der Waals surface area contributed by atoms with Gasteiger partial charge < -0.3 is 0 Å². The Morgan fingerprint density at radius 2 is 1.77 bits per heavy atom.